The fourth-order valence-corrected chi connectivity index (χ4v) is 4.21. The van der Waals surface area contributed by atoms with Crippen molar-refractivity contribution < 1.29 is 19.1 Å². The van der Waals surface area contributed by atoms with Gasteiger partial charge in [0.05, 0.1) is 25.5 Å². The fraction of sp³-hybridized carbons (Fsp3) is 0.444. The molecule has 152 valence electrons. The number of carbonyl (C=O) groups is 2. The molecular weight excluding hydrogens is 400 g/mol. The highest BCUT2D eigenvalue weighted by molar-refractivity contribution is 7.80. The summed E-state index contributed by atoms with van der Waals surface area (Å²) in [6, 6.07) is 0. The van der Waals surface area contributed by atoms with Gasteiger partial charge in [0, 0.05) is 24.3 Å². The second kappa shape index (κ2) is 9.16. The molecule has 0 aliphatic heterocycles. The molecule has 0 fully saturated rings. The lowest BCUT2D eigenvalue weighted by molar-refractivity contribution is 0.0601. The van der Waals surface area contributed by atoms with Crippen LogP contribution < -0.4 is 10.6 Å². The normalized spacial score (nSPS) is 10.5. The van der Waals surface area contributed by atoms with Crippen molar-refractivity contribution in [2.24, 2.45) is 0 Å². The quantitative estimate of drug-likeness (QED) is 0.540. The topological polar surface area (TPSA) is 94.5 Å². The highest BCUT2D eigenvalue weighted by Crippen LogP contribution is 2.34. The average Bonchev–Trinajstić information content (AvgIpc) is 3.14. The third-order valence-electron chi connectivity index (χ3n) is 4.39. The molecule has 10 heteroatoms. The van der Waals surface area contributed by atoms with Gasteiger partial charge in [0.25, 0.3) is 0 Å². The van der Waals surface area contributed by atoms with Crippen LogP contribution in [0.1, 0.15) is 49.5 Å². The van der Waals surface area contributed by atoms with Gasteiger partial charge in [-0.2, -0.15) is 5.10 Å². The Morgan fingerprint density at radius 2 is 1.82 bits per heavy atom. The third kappa shape index (κ3) is 4.33. The Labute approximate surface area is 173 Å². The molecule has 2 aromatic heterocycles. The van der Waals surface area contributed by atoms with E-state index in [-0.39, 0.29) is 5.56 Å². The Hall–Kier alpha value is -2.46. The molecule has 0 bridgehead atoms. The van der Waals surface area contributed by atoms with E-state index in [1.165, 1.54) is 14.2 Å². The minimum Gasteiger partial charge on any atom is -0.465 e. The molecule has 0 saturated heterocycles. The van der Waals surface area contributed by atoms with Gasteiger partial charge in [0.1, 0.15) is 9.88 Å². The van der Waals surface area contributed by atoms with Crippen molar-refractivity contribution in [3.05, 3.63) is 33.0 Å². The number of hydrogen-bond donors (Lipinski definition) is 2. The van der Waals surface area contributed by atoms with Crippen LogP contribution >= 0.6 is 23.6 Å². The Bertz CT molecular complexity index is 917. The van der Waals surface area contributed by atoms with Crippen molar-refractivity contribution in [3.63, 3.8) is 0 Å². The number of rotatable bonds is 6. The van der Waals surface area contributed by atoms with Gasteiger partial charge in [-0.3, -0.25) is 4.68 Å². The summed E-state index contributed by atoms with van der Waals surface area (Å²) in [7, 11) is 2.58. The summed E-state index contributed by atoms with van der Waals surface area (Å²) in [5.41, 5.74) is 3.83. The molecule has 0 saturated carbocycles. The van der Waals surface area contributed by atoms with Crippen LogP contribution in [-0.4, -0.2) is 41.1 Å². The molecule has 28 heavy (non-hydrogen) atoms. The third-order valence-corrected chi connectivity index (χ3v) is 5.82. The Balaban J connectivity index is 2.20. The van der Waals surface area contributed by atoms with E-state index in [1.807, 2.05) is 25.5 Å². The second-order valence-electron chi connectivity index (χ2n) is 6.02. The summed E-state index contributed by atoms with van der Waals surface area (Å²) in [6.07, 6.45) is 0. The van der Waals surface area contributed by atoms with Crippen LogP contribution in [-0.2, 0) is 22.6 Å². The number of nitrogens with one attached hydrogen (secondary N) is 2. The molecule has 2 heterocycles. The number of thiophene rings is 1. The van der Waals surface area contributed by atoms with Crippen LogP contribution in [0.2, 0.25) is 0 Å². The molecule has 2 rings (SSSR count). The van der Waals surface area contributed by atoms with Gasteiger partial charge in [-0.25, -0.2) is 9.59 Å². The maximum atomic E-state index is 12.2. The minimum absolute atomic E-state index is 0.267. The van der Waals surface area contributed by atoms with Crippen molar-refractivity contribution in [2.45, 2.75) is 40.8 Å². The standard InChI is InChI=1S/C18H24N4O4S2/c1-7-22-11(4)12(10(3)21-22)8-19-18(27)20-15-13(16(23)25-5)9(2)14(28-15)17(24)26-6/h7-8H2,1-6H3,(H2,19,20,27). The number of hydrogen-bond acceptors (Lipinski definition) is 7. The van der Waals surface area contributed by atoms with E-state index in [0.717, 1.165) is 34.8 Å². The van der Waals surface area contributed by atoms with Crippen LogP contribution in [0.25, 0.3) is 0 Å². The summed E-state index contributed by atoms with van der Waals surface area (Å²) in [4.78, 5) is 24.5. The number of nitrogens with zero attached hydrogens (tertiary/aromatic N) is 2. The number of thiocarbonyl (C=S) groups is 1. The van der Waals surface area contributed by atoms with Gasteiger partial charge in [0.2, 0.25) is 0 Å². The van der Waals surface area contributed by atoms with Crippen LogP contribution in [0.3, 0.4) is 0 Å². The summed E-state index contributed by atoms with van der Waals surface area (Å²) in [5, 5.41) is 11.4. The molecule has 2 aromatic rings. The van der Waals surface area contributed by atoms with Crippen LogP contribution in [0.5, 0.6) is 0 Å². The van der Waals surface area contributed by atoms with E-state index < -0.39 is 11.9 Å². The lowest BCUT2D eigenvalue weighted by Gasteiger charge is -2.11. The van der Waals surface area contributed by atoms with E-state index in [4.69, 9.17) is 21.7 Å². The van der Waals surface area contributed by atoms with Gasteiger partial charge in [-0.05, 0) is 45.5 Å². The number of carbonyl (C=O) groups excluding carboxylic acids is 2. The Kier molecular flexibility index (Phi) is 7.14. The second-order valence-corrected chi connectivity index (χ2v) is 7.45. The van der Waals surface area contributed by atoms with E-state index in [2.05, 4.69) is 15.7 Å². The molecule has 2 N–H and O–H groups in total. The smallest absolute Gasteiger partial charge is 0.348 e. The molecule has 0 aromatic carbocycles. The van der Waals surface area contributed by atoms with Crippen molar-refractivity contribution in [3.8, 4) is 0 Å². The van der Waals surface area contributed by atoms with Crippen LogP contribution in [0, 0.1) is 20.8 Å². The van der Waals surface area contributed by atoms with E-state index in [0.29, 0.717) is 27.1 Å². The number of aryl methyl sites for hydroxylation is 2. The molecule has 0 radical (unpaired) electrons. The number of anilines is 1. The number of esters is 2. The predicted molar refractivity (Wildman–Crippen MR) is 112 cm³/mol. The molecule has 0 amide bonds. The largest absolute Gasteiger partial charge is 0.465 e. The molecule has 0 aliphatic rings. The summed E-state index contributed by atoms with van der Waals surface area (Å²) in [6.45, 7) is 8.95. The summed E-state index contributed by atoms with van der Waals surface area (Å²) in [5.74, 6) is -1.07. The van der Waals surface area contributed by atoms with Gasteiger partial charge in [-0.15, -0.1) is 11.3 Å². The maximum Gasteiger partial charge on any atom is 0.348 e. The molecule has 0 atom stereocenters. The predicted octanol–water partition coefficient (Wildman–Crippen LogP) is 2.95. The number of methoxy groups -OCH3 is 2. The summed E-state index contributed by atoms with van der Waals surface area (Å²) >= 11 is 6.47. The van der Waals surface area contributed by atoms with E-state index >= 15 is 0 Å². The Morgan fingerprint density at radius 3 is 2.36 bits per heavy atom. The van der Waals surface area contributed by atoms with Crippen molar-refractivity contribution >= 4 is 45.6 Å². The lowest BCUT2D eigenvalue weighted by Crippen LogP contribution is -2.28. The van der Waals surface area contributed by atoms with Gasteiger partial charge >= 0.3 is 11.9 Å². The van der Waals surface area contributed by atoms with Gasteiger partial charge in [-0.1, -0.05) is 0 Å². The number of ether oxygens (including phenoxy) is 2. The SMILES string of the molecule is CCn1nc(C)c(CNC(=S)Nc2sc(C(=O)OC)c(C)c2C(=O)OC)c1C. The highest BCUT2D eigenvalue weighted by atomic mass is 32.1. The van der Waals surface area contributed by atoms with Crippen molar-refractivity contribution in [1.82, 2.24) is 15.1 Å². The zero-order valence-corrected chi connectivity index (χ0v) is 18.4. The molecule has 0 unspecified atom stereocenters. The fourth-order valence-electron chi connectivity index (χ4n) is 2.85. The molecule has 8 nitrogen and oxygen atoms in total. The monoisotopic (exact) mass is 424 g/mol. The van der Waals surface area contributed by atoms with E-state index in [1.54, 1.807) is 6.92 Å². The average molecular weight is 425 g/mol. The summed E-state index contributed by atoms with van der Waals surface area (Å²) < 4.78 is 11.6. The minimum atomic E-state index is -0.551. The first-order valence-corrected chi connectivity index (χ1v) is 9.85. The Morgan fingerprint density at radius 1 is 1.18 bits per heavy atom. The van der Waals surface area contributed by atoms with Gasteiger partial charge in [0.15, 0.2) is 5.11 Å². The lowest BCUT2D eigenvalue weighted by atomic mass is 10.1. The van der Waals surface area contributed by atoms with Crippen molar-refractivity contribution in [1.29, 1.82) is 0 Å². The highest BCUT2D eigenvalue weighted by Gasteiger charge is 2.26. The zero-order valence-electron chi connectivity index (χ0n) is 16.8. The van der Waals surface area contributed by atoms with Crippen molar-refractivity contribution in [2.75, 3.05) is 19.5 Å². The van der Waals surface area contributed by atoms with E-state index in [9.17, 15) is 9.59 Å². The first kappa shape index (κ1) is 21.8. The molecule has 0 spiro atoms. The zero-order chi connectivity index (χ0) is 21.0. The first-order valence-electron chi connectivity index (χ1n) is 8.62. The molecule has 0 aliphatic carbocycles. The number of aromatic nitrogens is 2. The molecular formula is C18H24N4O4S2. The first-order chi connectivity index (χ1) is 13.2. The van der Waals surface area contributed by atoms with Crippen LogP contribution in [0.15, 0.2) is 0 Å². The maximum absolute atomic E-state index is 12.2. The van der Waals surface area contributed by atoms with Gasteiger partial charge < -0.3 is 20.1 Å². The van der Waals surface area contributed by atoms with Crippen LogP contribution in [0.4, 0.5) is 5.00 Å².